The molecule has 134 valence electrons. The van der Waals surface area contributed by atoms with Gasteiger partial charge in [-0.25, -0.2) is 13.1 Å². The molecule has 0 amide bonds. The van der Waals surface area contributed by atoms with Crippen LogP contribution in [0.2, 0.25) is 5.02 Å². The van der Waals surface area contributed by atoms with Gasteiger partial charge in [-0.2, -0.15) is 0 Å². The maximum absolute atomic E-state index is 12.7. The Bertz CT molecular complexity index is 865. The average molecular weight is 379 g/mol. The first-order chi connectivity index (χ1) is 11.9. The molecular formula is C19H23ClN2O2S. The van der Waals surface area contributed by atoms with Crippen molar-refractivity contribution in [1.29, 1.82) is 0 Å². The van der Waals surface area contributed by atoms with Gasteiger partial charge in [-0.05, 0) is 68.2 Å². The fraction of sp³-hybridized carbons (Fsp3) is 0.368. The molecule has 0 aromatic heterocycles. The van der Waals surface area contributed by atoms with E-state index in [9.17, 15) is 8.42 Å². The summed E-state index contributed by atoms with van der Waals surface area (Å²) >= 11 is 6.29. The van der Waals surface area contributed by atoms with E-state index < -0.39 is 10.0 Å². The largest absolute Gasteiger partial charge is 0.301 e. The molecule has 6 heteroatoms. The Labute approximate surface area is 154 Å². The number of hydrogen-bond donors (Lipinski definition) is 1. The molecule has 1 aliphatic carbocycles. The van der Waals surface area contributed by atoms with Gasteiger partial charge in [0.05, 0.1) is 4.90 Å². The van der Waals surface area contributed by atoms with Crippen LogP contribution in [0.15, 0.2) is 47.4 Å². The predicted octanol–water partition coefficient (Wildman–Crippen LogP) is 3.41. The summed E-state index contributed by atoms with van der Waals surface area (Å²) in [5, 5.41) is 0.637. The topological polar surface area (TPSA) is 49.4 Å². The number of sulfonamides is 1. The molecule has 0 heterocycles. The monoisotopic (exact) mass is 378 g/mol. The zero-order chi connectivity index (χ0) is 18.0. The molecule has 1 N–H and O–H groups in total. The number of nitrogens with zero attached hydrogens (tertiary/aromatic N) is 1. The second kappa shape index (κ2) is 7.46. The molecule has 0 saturated heterocycles. The lowest BCUT2D eigenvalue weighted by atomic mass is 10.1. The molecular weight excluding hydrogens is 356 g/mol. The summed E-state index contributed by atoms with van der Waals surface area (Å²) in [5.41, 5.74) is 3.32. The van der Waals surface area contributed by atoms with Crippen molar-refractivity contribution in [2.45, 2.75) is 30.2 Å². The summed E-state index contributed by atoms with van der Waals surface area (Å²) in [6.07, 6.45) is 3.10. The SMILES string of the molecule is CN(C)C(CNS(=O)(=O)c1ccc2c(c1)CCC2)c1ccccc1Cl. The summed E-state index contributed by atoms with van der Waals surface area (Å²) in [6, 6.07) is 12.8. The number of halogens is 1. The van der Waals surface area contributed by atoms with Crippen LogP contribution in [0, 0.1) is 0 Å². The van der Waals surface area contributed by atoms with Gasteiger partial charge in [-0.1, -0.05) is 35.9 Å². The van der Waals surface area contributed by atoms with Gasteiger partial charge < -0.3 is 4.90 Å². The Kier molecular flexibility index (Phi) is 5.49. The number of hydrogen-bond acceptors (Lipinski definition) is 3. The van der Waals surface area contributed by atoms with Gasteiger partial charge in [0.1, 0.15) is 0 Å². The van der Waals surface area contributed by atoms with Crippen LogP contribution in [0.3, 0.4) is 0 Å². The van der Waals surface area contributed by atoms with Crippen molar-refractivity contribution in [3.63, 3.8) is 0 Å². The second-order valence-electron chi connectivity index (χ2n) is 6.64. The van der Waals surface area contributed by atoms with Crippen LogP contribution in [0.4, 0.5) is 0 Å². The van der Waals surface area contributed by atoms with Gasteiger partial charge in [0, 0.05) is 17.6 Å². The molecule has 4 nitrogen and oxygen atoms in total. The van der Waals surface area contributed by atoms with Crippen LogP contribution < -0.4 is 4.72 Å². The van der Waals surface area contributed by atoms with Crippen molar-refractivity contribution in [3.8, 4) is 0 Å². The van der Waals surface area contributed by atoms with E-state index in [0.717, 1.165) is 30.4 Å². The minimum absolute atomic E-state index is 0.141. The Morgan fingerprint density at radius 1 is 1.12 bits per heavy atom. The molecule has 25 heavy (non-hydrogen) atoms. The molecule has 1 unspecified atom stereocenters. The summed E-state index contributed by atoms with van der Waals surface area (Å²) < 4.78 is 28.2. The van der Waals surface area contributed by atoms with E-state index in [2.05, 4.69) is 4.72 Å². The molecule has 2 aromatic carbocycles. The van der Waals surface area contributed by atoms with Gasteiger partial charge in [0.2, 0.25) is 10.0 Å². The third-order valence-electron chi connectivity index (χ3n) is 4.73. The molecule has 0 aliphatic heterocycles. The molecule has 0 radical (unpaired) electrons. The van der Waals surface area contributed by atoms with Crippen LogP contribution in [-0.2, 0) is 22.9 Å². The molecule has 3 rings (SSSR count). The molecule has 0 bridgehead atoms. The van der Waals surface area contributed by atoms with Crippen LogP contribution in [-0.4, -0.2) is 34.0 Å². The maximum Gasteiger partial charge on any atom is 0.240 e. The third kappa shape index (κ3) is 4.06. The van der Waals surface area contributed by atoms with Gasteiger partial charge >= 0.3 is 0 Å². The average Bonchev–Trinajstić information content (AvgIpc) is 3.04. The van der Waals surface area contributed by atoms with E-state index >= 15 is 0 Å². The van der Waals surface area contributed by atoms with E-state index in [1.54, 1.807) is 6.07 Å². The number of nitrogens with one attached hydrogen (secondary N) is 1. The highest BCUT2D eigenvalue weighted by Crippen LogP contribution is 2.27. The number of benzene rings is 2. The summed E-state index contributed by atoms with van der Waals surface area (Å²) in [6.45, 7) is 0.260. The third-order valence-corrected chi connectivity index (χ3v) is 6.50. The summed E-state index contributed by atoms with van der Waals surface area (Å²) in [4.78, 5) is 2.30. The number of fused-ring (bicyclic) bond motifs is 1. The second-order valence-corrected chi connectivity index (χ2v) is 8.81. The zero-order valence-electron chi connectivity index (χ0n) is 14.5. The van der Waals surface area contributed by atoms with Crippen molar-refractivity contribution in [2.75, 3.05) is 20.6 Å². The lowest BCUT2D eigenvalue weighted by Gasteiger charge is -2.26. The maximum atomic E-state index is 12.7. The van der Waals surface area contributed by atoms with E-state index in [1.807, 2.05) is 55.4 Å². The normalized spacial score (nSPS) is 15.4. The summed E-state index contributed by atoms with van der Waals surface area (Å²) in [5.74, 6) is 0. The smallest absolute Gasteiger partial charge is 0.240 e. The minimum atomic E-state index is -3.55. The first-order valence-electron chi connectivity index (χ1n) is 8.41. The summed E-state index contributed by atoms with van der Waals surface area (Å²) in [7, 11) is 0.278. The highest BCUT2D eigenvalue weighted by Gasteiger charge is 2.22. The number of rotatable bonds is 6. The molecule has 0 saturated carbocycles. The van der Waals surface area contributed by atoms with Gasteiger partial charge in [0.25, 0.3) is 0 Å². The van der Waals surface area contributed by atoms with Crippen LogP contribution in [0.25, 0.3) is 0 Å². The first-order valence-corrected chi connectivity index (χ1v) is 10.3. The number of aryl methyl sites for hydroxylation is 2. The van der Waals surface area contributed by atoms with Crippen molar-refractivity contribution in [1.82, 2.24) is 9.62 Å². The molecule has 0 spiro atoms. The van der Waals surface area contributed by atoms with Crippen molar-refractivity contribution < 1.29 is 8.42 Å². The number of likely N-dealkylation sites (N-methyl/N-ethyl adjacent to an activating group) is 1. The Hall–Kier alpha value is -1.40. The van der Waals surface area contributed by atoms with E-state index in [4.69, 9.17) is 11.6 Å². The van der Waals surface area contributed by atoms with Crippen LogP contribution in [0.5, 0.6) is 0 Å². The Morgan fingerprint density at radius 2 is 1.84 bits per heavy atom. The van der Waals surface area contributed by atoms with Crippen molar-refractivity contribution >= 4 is 21.6 Å². The Balaban J connectivity index is 1.79. The highest BCUT2D eigenvalue weighted by atomic mass is 35.5. The molecule has 1 aliphatic rings. The highest BCUT2D eigenvalue weighted by molar-refractivity contribution is 7.89. The van der Waals surface area contributed by atoms with Crippen LogP contribution >= 0.6 is 11.6 Å². The molecule has 1 atom stereocenters. The standard InChI is InChI=1S/C19H23ClN2O2S/c1-22(2)19(17-8-3-4-9-18(17)20)13-21-25(23,24)16-11-10-14-6-5-7-15(14)12-16/h3-4,8-12,19,21H,5-7,13H2,1-2H3. The van der Waals surface area contributed by atoms with Crippen molar-refractivity contribution in [3.05, 3.63) is 64.2 Å². The van der Waals surface area contributed by atoms with E-state index in [-0.39, 0.29) is 12.6 Å². The van der Waals surface area contributed by atoms with E-state index in [0.29, 0.717) is 9.92 Å². The van der Waals surface area contributed by atoms with Crippen molar-refractivity contribution in [2.24, 2.45) is 0 Å². The fourth-order valence-corrected chi connectivity index (χ4v) is 4.65. The van der Waals surface area contributed by atoms with Crippen LogP contribution in [0.1, 0.15) is 29.2 Å². The Morgan fingerprint density at radius 3 is 2.56 bits per heavy atom. The van der Waals surface area contributed by atoms with Gasteiger partial charge in [0.15, 0.2) is 0 Å². The lowest BCUT2D eigenvalue weighted by molar-refractivity contribution is 0.299. The van der Waals surface area contributed by atoms with Gasteiger partial charge in [-0.3, -0.25) is 0 Å². The predicted molar refractivity (Wildman–Crippen MR) is 102 cm³/mol. The van der Waals surface area contributed by atoms with Gasteiger partial charge in [-0.15, -0.1) is 0 Å². The lowest BCUT2D eigenvalue weighted by Crippen LogP contribution is -2.34. The first kappa shape index (κ1) is 18.4. The minimum Gasteiger partial charge on any atom is -0.301 e. The van der Waals surface area contributed by atoms with E-state index in [1.165, 1.54) is 5.56 Å². The molecule has 2 aromatic rings. The fourth-order valence-electron chi connectivity index (χ4n) is 3.30. The quantitative estimate of drug-likeness (QED) is 0.838. The zero-order valence-corrected chi connectivity index (χ0v) is 16.1. The molecule has 0 fully saturated rings.